The highest BCUT2D eigenvalue weighted by Gasteiger charge is 2.40. The van der Waals surface area contributed by atoms with Crippen LogP contribution in [0, 0.1) is 0 Å². The van der Waals surface area contributed by atoms with Gasteiger partial charge in [0.2, 0.25) is 0 Å². The Morgan fingerprint density at radius 1 is 0.833 bits per heavy atom. The Balaban J connectivity index is 1.00. The number of nitrogens with zero attached hydrogens (tertiary/aromatic N) is 2. The number of carbonyl (C=O) groups excluding carboxylic acids is 2. The number of aromatic nitrogens is 1. The lowest BCUT2D eigenvalue weighted by Crippen LogP contribution is -2.51. The van der Waals surface area contributed by atoms with Crippen molar-refractivity contribution in [2.45, 2.75) is 57.2 Å². The maximum atomic E-state index is 12.6. The zero-order valence-electron chi connectivity index (χ0n) is 23.8. The summed E-state index contributed by atoms with van der Waals surface area (Å²) in [6.45, 7) is 1.58. The first-order valence-corrected chi connectivity index (χ1v) is 14.8. The second-order valence-corrected chi connectivity index (χ2v) is 11.4. The van der Waals surface area contributed by atoms with E-state index in [2.05, 4.69) is 47.4 Å². The quantitative estimate of drug-likeness (QED) is 0.232. The fraction of sp³-hybridized carbons (Fsp3) is 0.306. The Morgan fingerprint density at radius 3 is 2.36 bits per heavy atom. The fourth-order valence-electron chi connectivity index (χ4n) is 5.90. The number of ketones is 1. The van der Waals surface area contributed by atoms with Crippen LogP contribution in [-0.2, 0) is 35.4 Å². The number of hydrogen-bond acceptors (Lipinski definition) is 5. The van der Waals surface area contributed by atoms with Crippen molar-refractivity contribution in [1.82, 2.24) is 9.88 Å². The van der Waals surface area contributed by atoms with Crippen molar-refractivity contribution >= 4 is 11.9 Å². The van der Waals surface area contributed by atoms with Crippen molar-refractivity contribution in [3.8, 4) is 16.9 Å². The summed E-state index contributed by atoms with van der Waals surface area (Å²) in [6, 6.07) is 30.4. The number of piperidine rings is 1. The number of Topliss-reactive ketones (excluding diaryl/α,β-unsaturated/α-hetero) is 1. The molecule has 0 N–H and O–H groups in total. The van der Waals surface area contributed by atoms with E-state index in [1.54, 1.807) is 11.1 Å². The average molecular weight is 561 g/mol. The summed E-state index contributed by atoms with van der Waals surface area (Å²) in [7, 11) is 0. The van der Waals surface area contributed by atoms with Gasteiger partial charge in [0.15, 0.2) is 0 Å². The van der Waals surface area contributed by atoms with Gasteiger partial charge in [-0.15, -0.1) is 0 Å². The molecule has 1 fully saturated rings. The standard InChI is InChI=1S/C36H36N2O4/c39-33(25-32-8-4-5-21-37-32)15-11-27-9-12-29(13-10-27)30-14-16-34-31(24-30)17-18-36(42-34)19-22-38(23-20-36)35(40)41-26-28-6-2-1-3-7-28/h1-10,12-14,16,21,24H,11,15,17-20,22-23,25-26H2. The highest BCUT2D eigenvalue weighted by molar-refractivity contribution is 5.80. The molecule has 3 heterocycles. The predicted molar refractivity (Wildman–Crippen MR) is 162 cm³/mol. The van der Waals surface area contributed by atoms with Gasteiger partial charge in [-0.1, -0.05) is 66.7 Å². The molecule has 6 nitrogen and oxygen atoms in total. The second-order valence-electron chi connectivity index (χ2n) is 11.4. The van der Waals surface area contributed by atoms with E-state index >= 15 is 0 Å². The number of pyridine rings is 1. The number of rotatable bonds is 8. The molecule has 0 bridgehead atoms. The molecule has 1 spiro atoms. The van der Waals surface area contributed by atoms with Crippen LogP contribution < -0.4 is 4.74 Å². The minimum Gasteiger partial charge on any atom is -0.487 e. The molecular formula is C36H36N2O4. The summed E-state index contributed by atoms with van der Waals surface area (Å²) in [6.07, 6.45) is 6.62. The first-order chi connectivity index (χ1) is 20.6. The molecule has 6 heteroatoms. The normalized spacial score (nSPS) is 15.5. The molecule has 0 saturated carbocycles. The predicted octanol–water partition coefficient (Wildman–Crippen LogP) is 6.99. The van der Waals surface area contributed by atoms with Crippen molar-refractivity contribution in [3.63, 3.8) is 0 Å². The van der Waals surface area contributed by atoms with Gasteiger partial charge in [0, 0.05) is 50.7 Å². The molecule has 2 aliphatic heterocycles. The third kappa shape index (κ3) is 6.71. The number of aryl methyl sites for hydroxylation is 2. The van der Waals surface area contributed by atoms with Crippen molar-refractivity contribution in [1.29, 1.82) is 0 Å². The van der Waals surface area contributed by atoms with Crippen LogP contribution in [0.1, 0.15) is 48.1 Å². The third-order valence-corrected chi connectivity index (χ3v) is 8.46. The van der Waals surface area contributed by atoms with Gasteiger partial charge < -0.3 is 14.4 Å². The number of carbonyl (C=O) groups is 2. The van der Waals surface area contributed by atoms with Crippen molar-refractivity contribution in [2.75, 3.05) is 13.1 Å². The molecule has 0 aliphatic carbocycles. The maximum absolute atomic E-state index is 12.6. The van der Waals surface area contributed by atoms with E-state index in [1.165, 1.54) is 11.1 Å². The number of likely N-dealkylation sites (tertiary alicyclic amines) is 1. The molecule has 42 heavy (non-hydrogen) atoms. The van der Waals surface area contributed by atoms with E-state index in [4.69, 9.17) is 9.47 Å². The van der Waals surface area contributed by atoms with Crippen LogP contribution in [0.5, 0.6) is 5.75 Å². The van der Waals surface area contributed by atoms with Crippen molar-refractivity contribution in [2.24, 2.45) is 0 Å². The van der Waals surface area contributed by atoms with Crippen LogP contribution in [0.25, 0.3) is 11.1 Å². The Bertz CT molecular complexity index is 1510. The highest BCUT2D eigenvalue weighted by atomic mass is 16.6. The molecule has 1 amide bonds. The van der Waals surface area contributed by atoms with Gasteiger partial charge in [-0.3, -0.25) is 9.78 Å². The molecule has 2 aliphatic rings. The number of ether oxygens (including phenoxy) is 2. The smallest absolute Gasteiger partial charge is 0.410 e. The highest BCUT2D eigenvalue weighted by Crippen LogP contribution is 2.41. The van der Waals surface area contributed by atoms with E-state index in [1.807, 2.05) is 48.5 Å². The van der Waals surface area contributed by atoms with Crippen molar-refractivity contribution in [3.05, 3.63) is 120 Å². The largest absolute Gasteiger partial charge is 0.487 e. The molecule has 0 unspecified atom stereocenters. The van der Waals surface area contributed by atoms with E-state index in [-0.39, 0.29) is 17.5 Å². The summed E-state index contributed by atoms with van der Waals surface area (Å²) >= 11 is 0. The summed E-state index contributed by atoms with van der Waals surface area (Å²) in [5.41, 5.74) is 6.31. The van der Waals surface area contributed by atoms with E-state index < -0.39 is 0 Å². The summed E-state index contributed by atoms with van der Waals surface area (Å²) in [5, 5.41) is 0. The molecular weight excluding hydrogens is 524 g/mol. The van der Waals surface area contributed by atoms with Gasteiger partial charge >= 0.3 is 6.09 Å². The lowest BCUT2D eigenvalue weighted by atomic mass is 9.82. The molecule has 1 saturated heterocycles. The van der Waals surface area contributed by atoms with Crippen LogP contribution in [0.3, 0.4) is 0 Å². The molecule has 0 radical (unpaired) electrons. The van der Waals surface area contributed by atoms with E-state index in [9.17, 15) is 9.59 Å². The molecule has 0 atom stereocenters. The van der Waals surface area contributed by atoms with E-state index in [0.29, 0.717) is 32.5 Å². The van der Waals surface area contributed by atoms with Gasteiger partial charge in [0.1, 0.15) is 23.7 Å². The van der Waals surface area contributed by atoms with Crippen molar-refractivity contribution < 1.29 is 19.1 Å². The molecule has 4 aromatic rings. The second kappa shape index (κ2) is 12.6. The Kier molecular flexibility index (Phi) is 8.31. The number of benzene rings is 3. The van der Waals surface area contributed by atoms with Crippen LogP contribution in [-0.4, -0.2) is 40.5 Å². The Labute approximate surface area is 247 Å². The maximum Gasteiger partial charge on any atom is 0.410 e. The van der Waals surface area contributed by atoms with Gasteiger partial charge in [-0.05, 0) is 71.3 Å². The van der Waals surface area contributed by atoms with Crippen LogP contribution in [0.2, 0.25) is 0 Å². The van der Waals surface area contributed by atoms with Crippen LogP contribution in [0.4, 0.5) is 4.79 Å². The van der Waals surface area contributed by atoms with Gasteiger partial charge in [-0.25, -0.2) is 4.79 Å². The van der Waals surface area contributed by atoms with Crippen LogP contribution >= 0.6 is 0 Å². The lowest BCUT2D eigenvalue weighted by molar-refractivity contribution is -0.118. The van der Waals surface area contributed by atoms with Gasteiger partial charge in [-0.2, -0.15) is 0 Å². The zero-order valence-corrected chi connectivity index (χ0v) is 23.8. The summed E-state index contributed by atoms with van der Waals surface area (Å²) in [4.78, 5) is 31.0. The Hall–Kier alpha value is -4.45. The first-order valence-electron chi connectivity index (χ1n) is 14.8. The molecule has 6 rings (SSSR count). The monoisotopic (exact) mass is 560 g/mol. The number of fused-ring (bicyclic) bond motifs is 1. The molecule has 1 aromatic heterocycles. The first kappa shape index (κ1) is 27.7. The zero-order chi connectivity index (χ0) is 28.8. The number of amides is 1. The van der Waals surface area contributed by atoms with Gasteiger partial charge in [0.25, 0.3) is 0 Å². The molecule has 214 valence electrons. The number of hydrogen-bond donors (Lipinski definition) is 0. The minimum absolute atomic E-state index is 0.207. The summed E-state index contributed by atoms with van der Waals surface area (Å²) < 4.78 is 12.1. The average Bonchev–Trinajstić information content (AvgIpc) is 3.04. The van der Waals surface area contributed by atoms with Gasteiger partial charge in [0.05, 0.1) is 0 Å². The fourth-order valence-corrected chi connectivity index (χ4v) is 5.90. The topological polar surface area (TPSA) is 68.7 Å². The van der Waals surface area contributed by atoms with Crippen LogP contribution in [0.15, 0.2) is 97.2 Å². The summed E-state index contributed by atoms with van der Waals surface area (Å²) in [5.74, 6) is 1.16. The lowest BCUT2D eigenvalue weighted by Gasteiger charge is -2.44. The SMILES string of the molecule is O=C(CCc1ccc(-c2ccc3c(c2)CCC2(CCN(C(=O)OCc4ccccc4)CC2)O3)cc1)Cc1ccccn1. The third-order valence-electron chi connectivity index (χ3n) is 8.46. The molecule has 3 aromatic carbocycles. The Morgan fingerprint density at radius 2 is 1.60 bits per heavy atom. The minimum atomic E-state index is -0.253. The van der Waals surface area contributed by atoms with E-state index in [0.717, 1.165) is 60.2 Å².